The van der Waals surface area contributed by atoms with Gasteiger partial charge in [-0.3, -0.25) is 14.8 Å². The van der Waals surface area contributed by atoms with Crippen molar-refractivity contribution in [1.82, 2.24) is 5.06 Å². The van der Waals surface area contributed by atoms with Gasteiger partial charge in [-0.2, -0.15) is 5.06 Å². The molecule has 1 saturated heterocycles. The maximum atomic E-state index is 10.8. The normalized spacial score (nSPS) is 26.1. The van der Waals surface area contributed by atoms with E-state index in [0.29, 0.717) is 0 Å². The minimum absolute atomic E-state index is 0.122. The molecule has 6 heteroatoms. The first-order chi connectivity index (χ1) is 4.66. The molecular formula is C4H6BNO3S. The fraction of sp³-hybridized carbons (Fsp3) is 0.500. The average molecular weight is 159 g/mol. The van der Waals surface area contributed by atoms with Crippen LogP contribution in [0.4, 0.5) is 0 Å². The first kappa shape index (κ1) is 7.62. The lowest BCUT2D eigenvalue weighted by molar-refractivity contribution is -0.170. The molecule has 0 radical (unpaired) electrons. The lowest BCUT2D eigenvalue weighted by Crippen LogP contribution is -2.27. The van der Waals surface area contributed by atoms with Crippen molar-refractivity contribution >= 4 is 30.6 Å². The van der Waals surface area contributed by atoms with E-state index in [1.165, 1.54) is 11.6 Å². The second-order valence-corrected chi connectivity index (χ2v) is 3.01. The number of nitrogens with zero attached hydrogens (tertiary/aromatic N) is 1. The van der Waals surface area contributed by atoms with Crippen LogP contribution in [0, 0.1) is 0 Å². The van der Waals surface area contributed by atoms with Crippen LogP contribution in [0.5, 0.6) is 0 Å². The summed E-state index contributed by atoms with van der Waals surface area (Å²) in [4.78, 5) is 21.4. The van der Waals surface area contributed by atoms with Gasteiger partial charge in [-0.1, -0.05) is 0 Å². The zero-order chi connectivity index (χ0) is 7.72. The summed E-state index contributed by atoms with van der Waals surface area (Å²) in [6.07, 6.45) is 0.122. The van der Waals surface area contributed by atoms with Crippen molar-refractivity contribution in [2.24, 2.45) is 0 Å². The second kappa shape index (κ2) is 2.63. The molecule has 1 N–H and O–H groups in total. The molecule has 10 heavy (non-hydrogen) atoms. The van der Waals surface area contributed by atoms with Crippen molar-refractivity contribution < 1.29 is 14.8 Å². The zero-order valence-electron chi connectivity index (χ0n) is 5.40. The Morgan fingerprint density at radius 1 is 1.70 bits per heavy atom. The molecule has 1 aliphatic heterocycles. The van der Waals surface area contributed by atoms with Gasteiger partial charge in [0.15, 0.2) is 7.12 Å². The number of carbonyl (C=O) groups is 2. The molecular weight excluding hydrogens is 153 g/mol. The minimum Gasteiger partial charge on any atom is -0.278 e. The molecule has 1 unspecified atom stereocenters. The van der Waals surface area contributed by atoms with Crippen molar-refractivity contribution in [2.75, 3.05) is 0 Å². The molecule has 2 amide bonds. The molecule has 1 atom stereocenters. The van der Waals surface area contributed by atoms with Crippen LogP contribution in [-0.2, 0) is 9.59 Å². The van der Waals surface area contributed by atoms with E-state index in [1.807, 2.05) is 0 Å². The van der Waals surface area contributed by atoms with Crippen molar-refractivity contribution in [3.05, 3.63) is 0 Å². The van der Waals surface area contributed by atoms with Crippen molar-refractivity contribution in [1.29, 1.82) is 0 Å². The quantitative estimate of drug-likeness (QED) is 0.296. The molecule has 0 aromatic carbocycles. The van der Waals surface area contributed by atoms with Crippen LogP contribution in [0.25, 0.3) is 0 Å². The topological polar surface area (TPSA) is 57.6 Å². The summed E-state index contributed by atoms with van der Waals surface area (Å²) in [5.41, 5.74) is 0. The van der Waals surface area contributed by atoms with E-state index in [0.717, 1.165) is 0 Å². The Kier molecular flexibility index (Phi) is 2.01. The van der Waals surface area contributed by atoms with Crippen LogP contribution < -0.4 is 0 Å². The molecule has 0 aromatic rings. The number of hydrogen-bond donors (Lipinski definition) is 1. The fourth-order valence-electron chi connectivity index (χ4n) is 0.776. The van der Waals surface area contributed by atoms with Gasteiger partial charge in [0.2, 0.25) is 0 Å². The minimum atomic E-state index is -0.510. The SMILES string of the molecule is BSC1CC(=O)N(O)C1=O. The molecule has 0 aromatic heterocycles. The number of hydroxylamine groups is 2. The molecule has 0 bridgehead atoms. The molecule has 1 fully saturated rings. The number of imide groups is 1. The molecule has 54 valence electrons. The summed E-state index contributed by atoms with van der Waals surface area (Å²) >= 11 is 1.28. The standard InChI is InChI=1S/C4H6BNO3S/c5-10-2-1-3(7)6(9)4(2)8/h2,9H,1,5H2. The van der Waals surface area contributed by atoms with E-state index < -0.39 is 11.8 Å². The summed E-state index contributed by atoms with van der Waals surface area (Å²) in [7, 11) is 1.73. The monoisotopic (exact) mass is 159 g/mol. The highest BCUT2D eigenvalue weighted by molar-refractivity contribution is 8.20. The Labute approximate surface area is 62.8 Å². The highest BCUT2D eigenvalue weighted by Gasteiger charge is 2.36. The van der Waals surface area contributed by atoms with Gasteiger partial charge in [-0.05, 0) is 0 Å². The molecule has 0 spiro atoms. The molecule has 1 heterocycles. The zero-order valence-corrected chi connectivity index (χ0v) is 6.22. The summed E-state index contributed by atoms with van der Waals surface area (Å²) in [6.45, 7) is 0. The van der Waals surface area contributed by atoms with Crippen LogP contribution >= 0.6 is 11.6 Å². The van der Waals surface area contributed by atoms with Crippen molar-refractivity contribution in [3.8, 4) is 0 Å². The first-order valence-electron chi connectivity index (χ1n) is 2.75. The number of carbonyl (C=O) groups excluding carboxylic acids is 2. The lowest BCUT2D eigenvalue weighted by atomic mass is 10.4. The predicted molar refractivity (Wildman–Crippen MR) is 38.2 cm³/mol. The number of amides is 2. The Bertz CT molecular complexity index is 185. The first-order valence-corrected chi connectivity index (χ1v) is 4.04. The predicted octanol–water partition coefficient (Wildman–Crippen LogP) is -1.22. The van der Waals surface area contributed by atoms with Crippen LogP contribution in [-0.4, -0.2) is 34.5 Å². The maximum Gasteiger partial charge on any atom is 0.265 e. The Hall–Kier alpha value is -0.485. The largest absolute Gasteiger partial charge is 0.278 e. The van der Waals surface area contributed by atoms with Gasteiger partial charge < -0.3 is 0 Å². The molecule has 0 saturated carbocycles. The molecule has 0 aliphatic carbocycles. The molecule has 1 rings (SSSR count). The van der Waals surface area contributed by atoms with E-state index in [2.05, 4.69) is 0 Å². The van der Waals surface area contributed by atoms with E-state index in [1.54, 1.807) is 7.12 Å². The van der Waals surface area contributed by atoms with E-state index in [9.17, 15) is 9.59 Å². The Morgan fingerprint density at radius 2 is 2.30 bits per heavy atom. The van der Waals surface area contributed by atoms with Gasteiger partial charge in [-0.15, -0.1) is 0 Å². The van der Waals surface area contributed by atoms with Gasteiger partial charge in [-0.25, -0.2) is 11.6 Å². The Morgan fingerprint density at radius 3 is 2.50 bits per heavy atom. The van der Waals surface area contributed by atoms with Gasteiger partial charge in [0.05, 0.1) is 5.25 Å². The number of hydrogen-bond acceptors (Lipinski definition) is 4. The summed E-state index contributed by atoms with van der Waals surface area (Å²) in [5, 5.41) is 8.51. The lowest BCUT2D eigenvalue weighted by Gasteiger charge is -2.02. The summed E-state index contributed by atoms with van der Waals surface area (Å²) < 4.78 is 0. The number of rotatable bonds is 1. The van der Waals surface area contributed by atoms with Crippen LogP contribution in [0.2, 0.25) is 0 Å². The van der Waals surface area contributed by atoms with E-state index in [-0.39, 0.29) is 16.7 Å². The fourth-order valence-corrected chi connectivity index (χ4v) is 1.39. The van der Waals surface area contributed by atoms with Crippen LogP contribution in [0.1, 0.15) is 6.42 Å². The Balaban J connectivity index is 2.71. The smallest absolute Gasteiger partial charge is 0.265 e. The maximum absolute atomic E-state index is 10.8. The molecule has 4 nitrogen and oxygen atoms in total. The highest BCUT2D eigenvalue weighted by Crippen LogP contribution is 2.20. The third-order valence-electron chi connectivity index (χ3n) is 1.36. The second-order valence-electron chi connectivity index (χ2n) is 1.97. The third kappa shape index (κ3) is 1.04. The van der Waals surface area contributed by atoms with Gasteiger partial charge in [0.25, 0.3) is 11.8 Å². The average Bonchev–Trinajstić information content (AvgIpc) is 2.17. The molecule has 1 aliphatic rings. The summed E-state index contributed by atoms with van der Waals surface area (Å²) in [6, 6.07) is 0. The van der Waals surface area contributed by atoms with Gasteiger partial charge in [0, 0.05) is 6.42 Å². The van der Waals surface area contributed by atoms with E-state index >= 15 is 0 Å². The van der Waals surface area contributed by atoms with Crippen molar-refractivity contribution in [3.63, 3.8) is 0 Å². The highest BCUT2D eigenvalue weighted by atomic mass is 32.2. The summed E-state index contributed by atoms with van der Waals surface area (Å²) in [5.74, 6) is -1.01. The van der Waals surface area contributed by atoms with E-state index in [4.69, 9.17) is 5.21 Å². The van der Waals surface area contributed by atoms with Gasteiger partial charge in [0.1, 0.15) is 0 Å². The third-order valence-corrected chi connectivity index (χ3v) is 2.30. The van der Waals surface area contributed by atoms with Crippen LogP contribution in [0.3, 0.4) is 0 Å². The van der Waals surface area contributed by atoms with Gasteiger partial charge >= 0.3 is 0 Å². The van der Waals surface area contributed by atoms with Crippen LogP contribution in [0.15, 0.2) is 0 Å². The van der Waals surface area contributed by atoms with Crippen molar-refractivity contribution in [2.45, 2.75) is 11.7 Å².